The maximum atomic E-state index is 14.6. The number of hydrogen-bond donors (Lipinski definition) is 2. The van der Waals surface area contributed by atoms with E-state index in [-0.39, 0.29) is 37.2 Å². The third kappa shape index (κ3) is 11.2. The fourth-order valence-electron chi connectivity index (χ4n) is 10.5. The molecule has 2 aliphatic rings. The van der Waals surface area contributed by atoms with Crippen molar-refractivity contribution in [1.29, 1.82) is 0 Å². The summed E-state index contributed by atoms with van der Waals surface area (Å²) in [4.78, 5) is 56.8. The molecule has 2 saturated heterocycles. The molecule has 2 fully saturated rings. The van der Waals surface area contributed by atoms with Crippen molar-refractivity contribution in [2.24, 2.45) is 0 Å². The van der Waals surface area contributed by atoms with Gasteiger partial charge in [0.1, 0.15) is 65.8 Å². The quantitative estimate of drug-likeness (QED) is 0.0509. The number of aromatic nitrogens is 4. The predicted octanol–water partition coefficient (Wildman–Crippen LogP) is 8.75. The molecule has 8 aromatic rings. The molecular weight excluding hydrogens is 1040 g/mol. The minimum absolute atomic E-state index is 0.0198. The van der Waals surface area contributed by atoms with E-state index in [4.69, 9.17) is 42.2 Å². The number of nitrogens with zero attached hydrogens (tertiary/aromatic N) is 2. The summed E-state index contributed by atoms with van der Waals surface area (Å²) in [5.74, 6) is 1.90. The van der Waals surface area contributed by atoms with Gasteiger partial charge in [0, 0.05) is 40.9 Å². The lowest BCUT2D eigenvalue weighted by atomic mass is 9.79. The Morgan fingerprint density at radius 1 is 0.500 bits per heavy atom. The molecule has 2 N–H and O–H groups in total. The van der Waals surface area contributed by atoms with Gasteiger partial charge in [-0.05, 0) is 83.6 Å². The molecule has 1 unspecified atom stereocenters. The average molecular weight is 1100 g/mol. The topological polar surface area (TPSA) is 210 Å². The van der Waals surface area contributed by atoms with Crippen LogP contribution in [0.15, 0.2) is 195 Å². The normalized spacial score (nSPS) is 19.4. The van der Waals surface area contributed by atoms with Gasteiger partial charge in [-0.1, -0.05) is 127 Å². The first-order valence-corrected chi connectivity index (χ1v) is 27.1. The molecule has 18 nitrogen and oxygen atoms in total. The summed E-state index contributed by atoms with van der Waals surface area (Å²) in [6, 6.07) is 51.6. The zero-order chi connectivity index (χ0) is 56.0. The van der Waals surface area contributed by atoms with Gasteiger partial charge in [-0.25, -0.2) is 9.59 Å². The third-order valence-electron chi connectivity index (χ3n) is 14.7. The average Bonchev–Trinajstić information content (AvgIpc) is 4.03. The molecule has 0 saturated carbocycles. The van der Waals surface area contributed by atoms with Gasteiger partial charge in [-0.15, -0.1) is 9.05 Å². The highest BCUT2D eigenvalue weighted by molar-refractivity contribution is 7.33. The molecule has 0 spiro atoms. The van der Waals surface area contributed by atoms with Crippen LogP contribution in [-0.4, -0.2) is 78.1 Å². The van der Waals surface area contributed by atoms with Gasteiger partial charge in [0.15, 0.2) is 0 Å². The Hall–Kier alpha value is -8.06. The van der Waals surface area contributed by atoms with Crippen molar-refractivity contribution >= 4 is 8.25 Å². The van der Waals surface area contributed by atoms with E-state index in [0.717, 1.165) is 33.4 Å². The molecule has 412 valence electrons. The van der Waals surface area contributed by atoms with Gasteiger partial charge < -0.3 is 33.2 Å². The van der Waals surface area contributed by atoms with Crippen molar-refractivity contribution in [3.8, 4) is 17.2 Å². The second-order valence-corrected chi connectivity index (χ2v) is 20.4. The molecule has 0 bridgehead atoms. The Morgan fingerprint density at radius 3 is 1.27 bits per heavy atom. The van der Waals surface area contributed by atoms with E-state index in [0.29, 0.717) is 17.2 Å². The smallest absolute Gasteiger partial charge is 0.497 e. The second kappa shape index (κ2) is 24.1. The molecule has 6 aromatic carbocycles. The summed E-state index contributed by atoms with van der Waals surface area (Å²) in [7, 11) is 1.75. The maximum Gasteiger partial charge on any atom is 0.697 e. The first-order chi connectivity index (χ1) is 38.8. The highest BCUT2D eigenvalue weighted by Crippen LogP contribution is 2.47. The largest absolute Gasteiger partial charge is 0.697 e. The first-order valence-electron chi connectivity index (χ1n) is 26.0. The number of H-pyrrole nitrogens is 2. The highest BCUT2D eigenvalue weighted by Gasteiger charge is 2.50. The number of benzene rings is 6. The van der Waals surface area contributed by atoms with Crippen LogP contribution >= 0.6 is 8.25 Å². The molecule has 80 heavy (non-hydrogen) atoms. The molecule has 4 heterocycles. The van der Waals surface area contributed by atoms with Crippen LogP contribution in [0.4, 0.5) is 0 Å². The molecule has 7 atom stereocenters. The lowest BCUT2D eigenvalue weighted by Crippen LogP contribution is -2.41. The Kier molecular flexibility index (Phi) is 16.7. The summed E-state index contributed by atoms with van der Waals surface area (Å²) in [6.45, 7) is 2.61. The van der Waals surface area contributed by atoms with Crippen molar-refractivity contribution in [3.63, 3.8) is 0 Å². The number of nitrogens with one attached hydrogen (secondary N) is 2. The second-order valence-electron chi connectivity index (χ2n) is 19.5. The van der Waals surface area contributed by atoms with Crippen LogP contribution in [-0.2, 0) is 43.8 Å². The zero-order valence-corrected chi connectivity index (χ0v) is 45.5. The maximum absolute atomic E-state index is 14.6. The Bertz CT molecular complexity index is 3560. The van der Waals surface area contributed by atoms with Crippen LogP contribution < -0.4 is 36.7 Å². The monoisotopic (exact) mass is 1100 g/mol. The van der Waals surface area contributed by atoms with Crippen molar-refractivity contribution in [2.45, 2.75) is 74.8 Å². The van der Waals surface area contributed by atoms with Crippen LogP contribution in [0.3, 0.4) is 0 Å². The number of hydrogen-bond acceptors (Lipinski definition) is 14. The van der Waals surface area contributed by atoms with Gasteiger partial charge in [-0.2, -0.15) is 0 Å². The Labute approximate surface area is 461 Å². The summed E-state index contributed by atoms with van der Waals surface area (Å²) in [5.41, 5.74) is 0.0306. The minimum Gasteiger partial charge on any atom is -0.497 e. The van der Waals surface area contributed by atoms with Gasteiger partial charge in [0.25, 0.3) is 11.1 Å². The summed E-state index contributed by atoms with van der Waals surface area (Å²) >= 11 is 0. The van der Waals surface area contributed by atoms with Crippen LogP contribution in [0.2, 0.25) is 0 Å². The van der Waals surface area contributed by atoms with Crippen LogP contribution in [0.25, 0.3) is 0 Å². The molecule has 19 heteroatoms. The number of methoxy groups -OCH3 is 3. The van der Waals surface area contributed by atoms with Gasteiger partial charge in [0.05, 0.1) is 34.0 Å². The summed E-state index contributed by atoms with van der Waals surface area (Å²) < 4.78 is 74.3. The minimum atomic E-state index is -3.02. The molecule has 0 aliphatic carbocycles. The van der Waals surface area contributed by atoms with Gasteiger partial charge >= 0.3 is 19.6 Å². The third-order valence-corrected chi connectivity index (χ3v) is 15.5. The Morgan fingerprint density at radius 2 is 0.863 bits per heavy atom. The molecule has 2 aliphatic heterocycles. The zero-order valence-electron chi connectivity index (χ0n) is 44.6. The van der Waals surface area contributed by atoms with Crippen LogP contribution in [0.1, 0.15) is 69.8 Å². The number of aromatic amines is 2. The summed E-state index contributed by atoms with van der Waals surface area (Å²) in [6.07, 6.45) is -2.97. The number of ether oxygens (including phenoxy) is 7. The van der Waals surface area contributed by atoms with Crippen molar-refractivity contribution in [1.82, 2.24) is 19.1 Å². The van der Waals surface area contributed by atoms with E-state index in [1.165, 1.54) is 21.5 Å². The molecule has 2 aromatic heterocycles. The molecule has 0 amide bonds. The summed E-state index contributed by atoms with van der Waals surface area (Å²) in [5, 5.41) is 0. The van der Waals surface area contributed by atoms with Gasteiger partial charge in [0.2, 0.25) is 0 Å². The van der Waals surface area contributed by atoms with Gasteiger partial charge in [-0.3, -0.25) is 28.7 Å². The standard InChI is InChI=1S/C61H59N4O14P/c1-39-35-64(58(68)62-56(39)66)54-33-50(78-61(42-17-11-7-12-18-42,43-19-13-8-14-20-43)46-25-31-49(73-5)32-26-46)53(77-54)38-75-80(70)79-51-34-55(65-36-40(2)57(67)63-59(65)69)76-52(51)37-74-60(41-15-9-6-10-16-41,44-21-27-47(71-3)28-22-44)45-23-29-48(72-4)30-24-45/h6-32,35-36,50-55H,33-34,37-38H2,1-5H3,(H-,62,63,66,67,68,69)/p+1/t50-,51-,52+,53+,54+,55+/m0/s1. The van der Waals surface area contributed by atoms with E-state index >= 15 is 0 Å². The van der Waals surface area contributed by atoms with Crippen LogP contribution in [0.5, 0.6) is 17.2 Å². The van der Waals surface area contributed by atoms with E-state index in [9.17, 15) is 23.7 Å². The fraction of sp³-hybridized carbons (Fsp3) is 0.279. The Balaban J connectivity index is 0.990. The van der Waals surface area contributed by atoms with Crippen molar-refractivity contribution in [2.75, 3.05) is 34.5 Å². The lowest BCUT2D eigenvalue weighted by Gasteiger charge is -2.39. The van der Waals surface area contributed by atoms with E-state index in [2.05, 4.69) is 9.97 Å². The molecular formula is C61H60N4O14P+. The van der Waals surface area contributed by atoms with E-state index in [1.807, 2.05) is 164 Å². The number of rotatable bonds is 21. The first kappa shape index (κ1) is 55.3. The molecule has 0 radical (unpaired) electrons. The number of aryl methyl sites for hydroxylation is 2. The highest BCUT2D eigenvalue weighted by atomic mass is 31.1. The lowest BCUT2D eigenvalue weighted by molar-refractivity contribution is -0.1000. The fourth-order valence-corrected chi connectivity index (χ4v) is 11.3. The van der Waals surface area contributed by atoms with Crippen molar-refractivity contribution in [3.05, 3.63) is 262 Å². The van der Waals surface area contributed by atoms with E-state index < -0.39 is 78.8 Å². The van der Waals surface area contributed by atoms with Crippen LogP contribution in [0, 0.1) is 13.8 Å². The molecule has 10 rings (SSSR count). The SMILES string of the molecule is COc1ccc(C(OC[C@H]2O[C@@H](n3cc(C)c(=O)[nH]c3=O)C[C@@H]2O[P+](=O)OC[C@H]2O[C@@H](n3cc(C)c(=O)[nH]c3=O)C[C@@H]2OC(c2ccccc2)(c2ccccc2)c2ccc(OC)cc2)(c2ccccc2)c2ccc(OC)cc2)cc1. The predicted molar refractivity (Wildman–Crippen MR) is 297 cm³/mol. The van der Waals surface area contributed by atoms with Crippen molar-refractivity contribution < 1.29 is 46.8 Å². The van der Waals surface area contributed by atoms with E-state index in [1.54, 1.807) is 35.2 Å².